The lowest BCUT2D eigenvalue weighted by atomic mass is 9.97. The van der Waals surface area contributed by atoms with E-state index in [0.717, 1.165) is 24.9 Å². The standard InChI is InChI=1S/C21H23NO/c1-3-15(4-2)21(23)22-18-13-11-17(12-14-18)20-10-6-8-16-7-5-9-19(16)20/h5-6,8-15H,3-4,7H2,1-2H3,(H,22,23). The van der Waals surface area contributed by atoms with Gasteiger partial charge < -0.3 is 5.32 Å². The van der Waals surface area contributed by atoms with Gasteiger partial charge in [0.1, 0.15) is 0 Å². The maximum Gasteiger partial charge on any atom is 0.227 e. The van der Waals surface area contributed by atoms with Crippen LogP contribution >= 0.6 is 0 Å². The fourth-order valence-electron chi connectivity index (χ4n) is 3.18. The minimum Gasteiger partial charge on any atom is -0.326 e. The normalized spacial score (nSPS) is 12.5. The second kappa shape index (κ2) is 6.82. The molecule has 0 fully saturated rings. The van der Waals surface area contributed by atoms with Gasteiger partial charge in [-0.3, -0.25) is 4.79 Å². The van der Waals surface area contributed by atoms with Crippen molar-refractivity contribution >= 4 is 17.7 Å². The molecule has 0 spiro atoms. The number of nitrogens with one attached hydrogen (secondary N) is 1. The molecule has 2 aromatic rings. The summed E-state index contributed by atoms with van der Waals surface area (Å²) in [5.74, 6) is 0.212. The third-order valence-corrected chi connectivity index (χ3v) is 4.64. The molecule has 0 unspecified atom stereocenters. The number of hydrogen-bond donors (Lipinski definition) is 1. The van der Waals surface area contributed by atoms with Crippen molar-refractivity contribution in [3.63, 3.8) is 0 Å². The Morgan fingerprint density at radius 2 is 1.83 bits per heavy atom. The highest BCUT2D eigenvalue weighted by Crippen LogP contribution is 2.31. The van der Waals surface area contributed by atoms with Gasteiger partial charge in [-0.25, -0.2) is 0 Å². The summed E-state index contributed by atoms with van der Waals surface area (Å²) in [6.45, 7) is 4.11. The molecular formula is C21H23NO. The first kappa shape index (κ1) is 15.5. The molecule has 0 atom stereocenters. The molecule has 1 amide bonds. The second-order valence-electron chi connectivity index (χ2n) is 6.06. The van der Waals surface area contributed by atoms with Crippen molar-refractivity contribution < 1.29 is 4.79 Å². The van der Waals surface area contributed by atoms with Crippen LogP contribution in [0.2, 0.25) is 0 Å². The molecule has 0 saturated heterocycles. The lowest BCUT2D eigenvalue weighted by Gasteiger charge is -2.13. The monoisotopic (exact) mass is 305 g/mol. The zero-order chi connectivity index (χ0) is 16.2. The van der Waals surface area contributed by atoms with E-state index in [4.69, 9.17) is 0 Å². The van der Waals surface area contributed by atoms with Gasteiger partial charge in [-0.05, 0) is 53.6 Å². The number of anilines is 1. The SMILES string of the molecule is CCC(CC)C(=O)Nc1ccc(-c2cccc3c2C=CC3)cc1. The number of rotatable bonds is 5. The van der Waals surface area contributed by atoms with E-state index in [1.54, 1.807) is 0 Å². The smallest absolute Gasteiger partial charge is 0.227 e. The van der Waals surface area contributed by atoms with Crippen molar-refractivity contribution in [3.05, 3.63) is 59.7 Å². The fraction of sp³-hybridized carbons (Fsp3) is 0.286. The van der Waals surface area contributed by atoms with E-state index in [1.807, 2.05) is 12.1 Å². The summed E-state index contributed by atoms with van der Waals surface area (Å²) in [5, 5.41) is 3.02. The van der Waals surface area contributed by atoms with Gasteiger partial charge in [-0.1, -0.05) is 56.3 Å². The Bertz CT molecular complexity index is 724. The zero-order valence-electron chi connectivity index (χ0n) is 13.8. The van der Waals surface area contributed by atoms with E-state index < -0.39 is 0 Å². The lowest BCUT2D eigenvalue weighted by Crippen LogP contribution is -2.21. The molecule has 1 N–H and O–H groups in total. The van der Waals surface area contributed by atoms with Gasteiger partial charge in [0.25, 0.3) is 0 Å². The molecule has 2 heteroatoms. The molecule has 23 heavy (non-hydrogen) atoms. The molecule has 118 valence electrons. The molecule has 0 aliphatic heterocycles. The van der Waals surface area contributed by atoms with Gasteiger partial charge in [0, 0.05) is 11.6 Å². The minimum atomic E-state index is 0.0946. The fourth-order valence-corrected chi connectivity index (χ4v) is 3.18. The van der Waals surface area contributed by atoms with Crippen molar-refractivity contribution in [1.82, 2.24) is 0 Å². The highest BCUT2D eigenvalue weighted by Gasteiger charge is 2.14. The Morgan fingerprint density at radius 1 is 1.09 bits per heavy atom. The average molecular weight is 305 g/mol. The Morgan fingerprint density at radius 3 is 2.52 bits per heavy atom. The van der Waals surface area contributed by atoms with Gasteiger partial charge >= 0.3 is 0 Å². The van der Waals surface area contributed by atoms with Crippen molar-refractivity contribution in [2.24, 2.45) is 5.92 Å². The molecule has 0 radical (unpaired) electrons. The van der Waals surface area contributed by atoms with Crippen LogP contribution in [0, 0.1) is 5.92 Å². The quantitative estimate of drug-likeness (QED) is 0.798. The van der Waals surface area contributed by atoms with Crippen LogP contribution in [0.15, 0.2) is 48.5 Å². The van der Waals surface area contributed by atoms with Crippen LogP contribution in [0.4, 0.5) is 5.69 Å². The van der Waals surface area contributed by atoms with Gasteiger partial charge in [-0.2, -0.15) is 0 Å². The second-order valence-corrected chi connectivity index (χ2v) is 6.06. The van der Waals surface area contributed by atoms with Crippen molar-refractivity contribution in [3.8, 4) is 11.1 Å². The first-order valence-corrected chi connectivity index (χ1v) is 8.42. The number of benzene rings is 2. The van der Waals surface area contributed by atoms with Crippen molar-refractivity contribution in [2.45, 2.75) is 33.1 Å². The lowest BCUT2D eigenvalue weighted by molar-refractivity contribution is -0.120. The summed E-state index contributed by atoms with van der Waals surface area (Å²) in [6, 6.07) is 14.6. The third kappa shape index (κ3) is 3.21. The molecular weight excluding hydrogens is 282 g/mol. The van der Waals surface area contributed by atoms with Crippen LogP contribution in [0.5, 0.6) is 0 Å². The molecule has 0 heterocycles. The van der Waals surface area contributed by atoms with Gasteiger partial charge in [0.2, 0.25) is 5.91 Å². The first-order valence-electron chi connectivity index (χ1n) is 8.42. The van der Waals surface area contributed by atoms with Crippen LogP contribution < -0.4 is 5.32 Å². The maximum absolute atomic E-state index is 12.2. The Hall–Kier alpha value is -2.35. The van der Waals surface area contributed by atoms with Gasteiger partial charge in [0.05, 0.1) is 0 Å². The van der Waals surface area contributed by atoms with Gasteiger partial charge in [0.15, 0.2) is 0 Å². The highest BCUT2D eigenvalue weighted by molar-refractivity contribution is 5.93. The molecule has 0 saturated carbocycles. The summed E-state index contributed by atoms with van der Waals surface area (Å²) < 4.78 is 0. The summed E-state index contributed by atoms with van der Waals surface area (Å²) in [5.41, 5.74) is 6.02. The van der Waals surface area contributed by atoms with E-state index in [0.29, 0.717) is 0 Å². The van der Waals surface area contributed by atoms with E-state index >= 15 is 0 Å². The van der Waals surface area contributed by atoms with Crippen molar-refractivity contribution in [2.75, 3.05) is 5.32 Å². The number of carbonyl (C=O) groups excluding carboxylic acids is 1. The third-order valence-electron chi connectivity index (χ3n) is 4.64. The molecule has 0 bridgehead atoms. The topological polar surface area (TPSA) is 29.1 Å². The van der Waals surface area contributed by atoms with Crippen LogP contribution in [-0.2, 0) is 11.2 Å². The van der Waals surface area contributed by atoms with E-state index in [-0.39, 0.29) is 11.8 Å². The Balaban J connectivity index is 1.79. The number of hydrogen-bond acceptors (Lipinski definition) is 1. The Kier molecular flexibility index (Phi) is 4.61. The largest absolute Gasteiger partial charge is 0.326 e. The number of amides is 1. The zero-order valence-corrected chi connectivity index (χ0v) is 13.8. The van der Waals surface area contributed by atoms with Gasteiger partial charge in [-0.15, -0.1) is 0 Å². The highest BCUT2D eigenvalue weighted by atomic mass is 16.1. The first-order chi connectivity index (χ1) is 11.2. The predicted molar refractivity (Wildman–Crippen MR) is 97.3 cm³/mol. The number of allylic oxidation sites excluding steroid dienone is 1. The molecule has 1 aliphatic carbocycles. The summed E-state index contributed by atoms with van der Waals surface area (Å²) >= 11 is 0. The van der Waals surface area contributed by atoms with Crippen molar-refractivity contribution in [1.29, 1.82) is 0 Å². The van der Waals surface area contributed by atoms with Crippen LogP contribution in [0.25, 0.3) is 17.2 Å². The maximum atomic E-state index is 12.2. The summed E-state index contributed by atoms with van der Waals surface area (Å²) in [7, 11) is 0. The summed E-state index contributed by atoms with van der Waals surface area (Å²) in [6.07, 6.45) is 7.18. The molecule has 0 aromatic heterocycles. The number of fused-ring (bicyclic) bond motifs is 1. The average Bonchev–Trinajstić information content (AvgIpc) is 3.05. The summed E-state index contributed by atoms with van der Waals surface area (Å²) in [4.78, 5) is 12.2. The molecule has 2 aromatic carbocycles. The van der Waals surface area contributed by atoms with E-state index in [1.165, 1.54) is 22.3 Å². The van der Waals surface area contributed by atoms with Crippen LogP contribution in [-0.4, -0.2) is 5.91 Å². The number of carbonyl (C=O) groups is 1. The van der Waals surface area contributed by atoms with Crippen LogP contribution in [0.1, 0.15) is 37.8 Å². The minimum absolute atomic E-state index is 0.0946. The predicted octanol–water partition coefficient (Wildman–Crippen LogP) is 5.30. The van der Waals surface area contributed by atoms with Crippen LogP contribution in [0.3, 0.4) is 0 Å². The Labute approximate surface area is 138 Å². The molecule has 2 nitrogen and oxygen atoms in total. The van der Waals surface area contributed by atoms with E-state index in [9.17, 15) is 4.79 Å². The molecule has 1 aliphatic rings. The van der Waals surface area contributed by atoms with E-state index in [2.05, 4.69) is 61.6 Å². The molecule has 3 rings (SSSR count).